The van der Waals surface area contributed by atoms with Crippen LogP contribution in [0.4, 0.5) is 0 Å². The highest BCUT2D eigenvalue weighted by molar-refractivity contribution is 4.67. The molecule has 1 heterocycles. The summed E-state index contributed by atoms with van der Waals surface area (Å²) in [5.41, 5.74) is 0. The summed E-state index contributed by atoms with van der Waals surface area (Å²) in [4.78, 5) is 0. The number of nitrogens with zero attached hydrogens (tertiary/aromatic N) is 1. The van der Waals surface area contributed by atoms with Crippen molar-refractivity contribution in [1.29, 1.82) is 0 Å². The third-order valence-corrected chi connectivity index (χ3v) is 1.56. The van der Waals surface area contributed by atoms with Gasteiger partial charge in [0.1, 0.15) is 0 Å². The van der Waals surface area contributed by atoms with Crippen molar-refractivity contribution >= 4 is 0 Å². The van der Waals surface area contributed by atoms with Crippen molar-refractivity contribution in [3.63, 3.8) is 0 Å². The van der Waals surface area contributed by atoms with Crippen molar-refractivity contribution in [2.24, 2.45) is 0 Å². The van der Waals surface area contributed by atoms with E-state index in [9.17, 15) is 5.21 Å². The van der Waals surface area contributed by atoms with Crippen LogP contribution < -0.4 is 0 Å². The van der Waals surface area contributed by atoms with Crippen LogP contribution in [0, 0.1) is 0 Å². The summed E-state index contributed by atoms with van der Waals surface area (Å²) < 4.78 is 9.99. The smallest absolute Gasteiger partial charge is 0.0818 e. The SMILES string of the molecule is COCC1COCCN1O. The summed E-state index contributed by atoms with van der Waals surface area (Å²) in [6.45, 7) is 2.27. The van der Waals surface area contributed by atoms with Crippen molar-refractivity contribution in [2.45, 2.75) is 6.04 Å². The Bertz CT molecular complexity index is 97.0. The summed E-state index contributed by atoms with van der Waals surface area (Å²) in [5.74, 6) is 0. The standard InChI is InChI=1S/C6H13NO3/c1-9-4-6-5-10-3-2-7(6)8/h6,8H,2-5H2,1H3. The second-order valence-electron chi connectivity index (χ2n) is 2.35. The van der Waals surface area contributed by atoms with Crippen LogP contribution in [0.3, 0.4) is 0 Å². The van der Waals surface area contributed by atoms with E-state index in [1.807, 2.05) is 0 Å². The minimum absolute atomic E-state index is 0.0127. The molecule has 1 rings (SSSR count). The molecule has 1 unspecified atom stereocenters. The maximum absolute atomic E-state index is 9.17. The minimum atomic E-state index is 0.0127. The molecule has 0 aromatic heterocycles. The first-order valence-electron chi connectivity index (χ1n) is 3.37. The van der Waals surface area contributed by atoms with Gasteiger partial charge in [-0.3, -0.25) is 0 Å². The van der Waals surface area contributed by atoms with Crippen LogP contribution >= 0.6 is 0 Å². The van der Waals surface area contributed by atoms with Gasteiger partial charge in [0.25, 0.3) is 0 Å². The third kappa shape index (κ3) is 1.91. The fourth-order valence-electron chi connectivity index (χ4n) is 0.973. The molecule has 1 aliphatic heterocycles. The fraction of sp³-hybridized carbons (Fsp3) is 1.00. The first kappa shape index (κ1) is 7.94. The van der Waals surface area contributed by atoms with E-state index >= 15 is 0 Å². The lowest BCUT2D eigenvalue weighted by molar-refractivity contribution is -0.191. The molecule has 60 valence electrons. The highest BCUT2D eigenvalue weighted by Crippen LogP contribution is 2.02. The zero-order valence-corrected chi connectivity index (χ0v) is 6.12. The van der Waals surface area contributed by atoms with E-state index in [0.717, 1.165) is 0 Å². The van der Waals surface area contributed by atoms with Crippen LogP contribution in [-0.2, 0) is 9.47 Å². The Morgan fingerprint density at radius 3 is 3.20 bits per heavy atom. The second kappa shape index (κ2) is 3.88. The molecule has 1 N–H and O–H groups in total. The average Bonchev–Trinajstić information content (AvgIpc) is 1.94. The zero-order chi connectivity index (χ0) is 7.40. The molecule has 0 aromatic carbocycles. The predicted molar refractivity (Wildman–Crippen MR) is 35.0 cm³/mol. The Balaban J connectivity index is 2.25. The number of hydrogen-bond acceptors (Lipinski definition) is 4. The van der Waals surface area contributed by atoms with Crippen LogP contribution in [-0.4, -0.2) is 49.8 Å². The molecule has 0 spiro atoms. The monoisotopic (exact) mass is 147 g/mol. The molecule has 0 aromatic rings. The van der Waals surface area contributed by atoms with Gasteiger partial charge in [-0.25, -0.2) is 0 Å². The molecule has 1 fully saturated rings. The first-order chi connectivity index (χ1) is 4.84. The number of morpholine rings is 1. The molecule has 1 atom stereocenters. The summed E-state index contributed by atoms with van der Waals surface area (Å²) in [6.07, 6.45) is 0. The van der Waals surface area contributed by atoms with Gasteiger partial charge in [0.2, 0.25) is 0 Å². The third-order valence-electron chi connectivity index (χ3n) is 1.56. The first-order valence-corrected chi connectivity index (χ1v) is 3.37. The van der Waals surface area contributed by atoms with Gasteiger partial charge in [0.05, 0.1) is 25.9 Å². The lowest BCUT2D eigenvalue weighted by atomic mass is 10.3. The number of ether oxygens (including phenoxy) is 2. The van der Waals surface area contributed by atoms with E-state index in [0.29, 0.717) is 26.4 Å². The highest BCUT2D eigenvalue weighted by Gasteiger charge is 2.20. The normalized spacial score (nSPS) is 28.8. The Morgan fingerprint density at radius 2 is 2.60 bits per heavy atom. The van der Waals surface area contributed by atoms with Gasteiger partial charge in [-0.15, -0.1) is 0 Å². The Labute approximate surface area is 60.3 Å². The van der Waals surface area contributed by atoms with Gasteiger partial charge in [0, 0.05) is 13.7 Å². The largest absolute Gasteiger partial charge is 0.383 e. The van der Waals surface area contributed by atoms with Crippen molar-refractivity contribution in [2.75, 3.05) is 33.5 Å². The maximum atomic E-state index is 9.17. The second-order valence-corrected chi connectivity index (χ2v) is 2.35. The van der Waals surface area contributed by atoms with Crippen LogP contribution in [0.2, 0.25) is 0 Å². The minimum Gasteiger partial charge on any atom is -0.383 e. The van der Waals surface area contributed by atoms with Crippen LogP contribution in [0.5, 0.6) is 0 Å². The molecular formula is C6H13NO3. The Kier molecular flexibility index (Phi) is 3.08. The highest BCUT2D eigenvalue weighted by atomic mass is 16.5. The van der Waals surface area contributed by atoms with E-state index < -0.39 is 0 Å². The van der Waals surface area contributed by atoms with E-state index in [2.05, 4.69) is 0 Å². The van der Waals surface area contributed by atoms with E-state index in [4.69, 9.17) is 9.47 Å². The predicted octanol–water partition coefficient (Wildman–Crippen LogP) is -0.277. The van der Waals surface area contributed by atoms with Crippen molar-refractivity contribution in [3.05, 3.63) is 0 Å². The molecule has 10 heavy (non-hydrogen) atoms. The molecule has 0 radical (unpaired) electrons. The van der Waals surface area contributed by atoms with E-state index in [1.54, 1.807) is 7.11 Å². The Hall–Kier alpha value is -0.160. The molecule has 0 aliphatic carbocycles. The number of methoxy groups -OCH3 is 1. The maximum Gasteiger partial charge on any atom is 0.0818 e. The zero-order valence-electron chi connectivity index (χ0n) is 6.12. The van der Waals surface area contributed by atoms with Crippen LogP contribution in [0.25, 0.3) is 0 Å². The summed E-state index contributed by atoms with van der Waals surface area (Å²) in [5, 5.41) is 10.4. The molecule has 1 saturated heterocycles. The quantitative estimate of drug-likeness (QED) is 0.583. The van der Waals surface area contributed by atoms with Gasteiger partial charge < -0.3 is 14.7 Å². The van der Waals surface area contributed by atoms with Crippen molar-refractivity contribution in [3.8, 4) is 0 Å². The number of hydroxylamine groups is 2. The summed E-state index contributed by atoms with van der Waals surface area (Å²) in [7, 11) is 1.61. The van der Waals surface area contributed by atoms with Gasteiger partial charge in [-0.05, 0) is 0 Å². The lowest BCUT2D eigenvalue weighted by Gasteiger charge is -2.29. The molecule has 0 saturated carbocycles. The molecule has 0 amide bonds. The average molecular weight is 147 g/mol. The van der Waals surface area contributed by atoms with E-state index in [1.165, 1.54) is 5.06 Å². The van der Waals surface area contributed by atoms with Crippen LogP contribution in [0.15, 0.2) is 0 Å². The van der Waals surface area contributed by atoms with Crippen LogP contribution in [0.1, 0.15) is 0 Å². The molecular weight excluding hydrogens is 134 g/mol. The van der Waals surface area contributed by atoms with Gasteiger partial charge in [0.15, 0.2) is 0 Å². The fourth-order valence-corrected chi connectivity index (χ4v) is 0.973. The van der Waals surface area contributed by atoms with Crippen molar-refractivity contribution < 1.29 is 14.7 Å². The summed E-state index contributed by atoms with van der Waals surface area (Å²) in [6, 6.07) is 0.0127. The number of hydrogen-bond donors (Lipinski definition) is 1. The molecule has 4 heteroatoms. The van der Waals surface area contributed by atoms with Gasteiger partial charge >= 0.3 is 0 Å². The lowest BCUT2D eigenvalue weighted by Crippen LogP contribution is -2.45. The summed E-state index contributed by atoms with van der Waals surface area (Å²) >= 11 is 0. The topological polar surface area (TPSA) is 41.9 Å². The molecule has 1 aliphatic rings. The van der Waals surface area contributed by atoms with Gasteiger partial charge in [-0.2, -0.15) is 5.06 Å². The van der Waals surface area contributed by atoms with Gasteiger partial charge in [-0.1, -0.05) is 0 Å². The number of rotatable bonds is 2. The molecule has 4 nitrogen and oxygen atoms in total. The molecule has 0 bridgehead atoms. The Morgan fingerprint density at radius 1 is 1.80 bits per heavy atom. The van der Waals surface area contributed by atoms with E-state index in [-0.39, 0.29) is 6.04 Å². The van der Waals surface area contributed by atoms with Crippen molar-refractivity contribution in [1.82, 2.24) is 5.06 Å².